The highest BCUT2D eigenvalue weighted by Crippen LogP contribution is 1.84. The van der Waals surface area contributed by atoms with E-state index in [1.807, 2.05) is 0 Å². The Morgan fingerprint density at radius 3 is 0.926 bits per heavy atom. The molecule has 12 nitrogen and oxygen atoms in total. The lowest BCUT2D eigenvalue weighted by atomic mass is 10.9. The first-order chi connectivity index (χ1) is 12.4. The van der Waals surface area contributed by atoms with Crippen molar-refractivity contribution in [3.63, 3.8) is 0 Å². The van der Waals surface area contributed by atoms with Gasteiger partial charge in [-0.05, 0) is 36.7 Å². The van der Waals surface area contributed by atoms with Crippen molar-refractivity contribution < 1.29 is 14.5 Å². The quantitative estimate of drug-likeness (QED) is 0.449. The number of aromatic nitrogens is 3. The third-order valence-electron chi connectivity index (χ3n) is 2.65. The van der Waals surface area contributed by atoms with Gasteiger partial charge in [-0.1, -0.05) is 14.2 Å². The maximum Gasteiger partial charge on any atom is 0.404 e. The van der Waals surface area contributed by atoms with Gasteiger partial charge < -0.3 is 29.2 Å². The molecule has 15 heteroatoms. The van der Waals surface area contributed by atoms with E-state index in [0.29, 0.717) is 0 Å². The van der Waals surface area contributed by atoms with Crippen LogP contribution < -0.4 is 31.6 Å². The molecular weight excluding hydrogens is 420 g/mol. The molecule has 0 amide bonds. The minimum absolute atomic E-state index is 0.181. The maximum absolute atomic E-state index is 12.5. The Morgan fingerprint density at radius 2 is 0.778 bits per heavy atom. The monoisotopic (exact) mass is 438 g/mol. The van der Waals surface area contributed by atoms with E-state index < -0.39 is 17.1 Å². The molecule has 1 heterocycles. The molecule has 0 aliphatic carbocycles. The number of thiocarbonyl (C=S) groups is 3. The van der Waals surface area contributed by atoms with Crippen molar-refractivity contribution in [1.29, 1.82) is 0 Å². The summed E-state index contributed by atoms with van der Waals surface area (Å²) in [5, 5.41) is -0.719. The number of rotatable bonds is 3. The van der Waals surface area contributed by atoms with E-state index in [9.17, 15) is 14.4 Å². The molecule has 0 N–H and O–H groups in total. The summed E-state index contributed by atoms with van der Waals surface area (Å²) in [4.78, 5) is 56.6. The standard InChI is InChI=1S/C12H18N6O6S3/c1-13(2)10(25)22-16-7(19)17(23-11(26)14(3)4)9(21)18(8(16)20)24-12(27)15(5)6/h1-6H3. The average Bonchev–Trinajstić information content (AvgIpc) is 2.58. The van der Waals surface area contributed by atoms with Crippen molar-refractivity contribution in [1.82, 2.24) is 28.9 Å². The van der Waals surface area contributed by atoms with Crippen LogP contribution in [0, 0.1) is 0 Å². The SMILES string of the molecule is CN(C)C(=S)On1c(=O)n(OC(=S)N(C)C)c(=O)n(OC(=S)N(C)C)c1=O. The van der Waals surface area contributed by atoms with Crippen LogP contribution in [-0.4, -0.2) is 86.7 Å². The molecule has 0 saturated heterocycles. The van der Waals surface area contributed by atoms with Gasteiger partial charge >= 0.3 is 17.1 Å². The highest BCUT2D eigenvalue weighted by Gasteiger charge is 2.23. The molecule has 0 saturated carbocycles. The van der Waals surface area contributed by atoms with Gasteiger partial charge in [-0.2, -0.15) is 0 Å². The Morgan fingerprint density at radius 1 is 0.593 bits per heavy atom. The predicted molar refractivity (Wildman–Crippen MR) is 108 cm³/mol. The van der Waals surface area contributed by atoms with Crippen LogP contribution >= 0.6 is 36.7 Å². The second-order valence-electron chi connectivity index (χ2n) is 5.49. The fourth-order valence-corrected chi connectivity index (χ4v) is 1.43. The highest BCUT2D eigenvalue weighted by molar-refractivity contribution is 7.80. The van der Waals surface area contributed by atoms with E-state index in [0.717, 1.165) is 0 Å². The molecule has 1 aromatic rings. The predicted octanol–water partition coefficient (Wildman–Crippen LogP) is -3.00. The third-order valence-corrected chi connectivity index (χ3v) is 3.97. The lowest BCUT2D eigenvalue weighted by Crippen LogP contribution is -2.62. The van der Waals surface area contributed by atoms with Crippen molar-refractivity contribution in [2.75, 3.05) is 42.3 Å². The van der Waals surface area contributed by atoms with Crippen molar-refractivity contribution in [3.05, 3.63) is 31.5 Å². The van der Waals surface area contributed by atoms with Crippen LogP contribution in [-0.2, 0) is 0 Å². The molecule has 0 atom stereocenters. The largest absolute Gasteiger partial charge is 0.404 e. The maximum atomic E-state index is 12.5. The number of hydrogen-bond donors (Lipinski definition) is 0. The van der Waals surface area contributed by atoms with Crippen LogP contribution in [0.3, 0.4) is 0 Å². The zero-order valence-corrected chi connectivity index (χ0v) is 17.8. The van der Waals surface area contributed by atoms with Crippen LogP contribution in [0.1, 0.15) is 0 Å². The minimum atomic E-state index is -1.28. The van der Waals surface area contributed by atoms with Gasteiger partial charge in [0.25, 0.3) is 15.5 Å². The summed E-state index contributed by atoms with van der Waals surface area (Å²) < 4.78 is 0.542. The Hall–Kier alpha value is -2.52. The molecule has 150 valence electrons. The third kappa shape index (κ3) is 5.24. The van der Waals surface area contributed by atoms with Gasteiger partial charge in [0.05, 0.1) is 0 Å². The summed E-state index contributed by atoms with van der Waals surface area (Å²) in [6, 6.07) is 0. The number of nitrogens with zero attached hydrogens (tertiary/aromatic N) is 6. The zero-order chi connectivity index (χ0) is 21.0. The first-order valence-corrected chi connectivity index (χ1v) is 8.31. The van der Waals surface area contributed by atoms with Crippen LogP contribution in [0.5, 0.6) is 0 Å². The fourth-order valence-electron chi connectivity index (χ4n) is 1.21. The Balaban J connectivity index is 3.67. The molecule has 0 bridgehead atoms. The summed E-state index contributed by atoms with van der Waals surface area (Å²) in [6.07, 6.45) is 0. The molecule has 0 spiro atoms. The highest BCUT2D eigenvalue weighted by atomic mass is 32.1. The van der Waals surface area contributed by atoms with E-state index in [1.165, 1.54) is 57.0 Å². The van der Waals surface area contributed by atoms with Gasteiger partial charge in [-0.15, -0.1) is 0 Å². The van der Waals surface area contributed by atoms with E-state index in [1.54, 1.807) is 0 Å². The molecule has 0 radical (unpaired) electrons. The van der Waals surface area contributed by atoms with Crippen LogP contribution in [0.4, 0.5) is 0 Å². The Kier molecular flexibility index (Phi) is 7.44. The van der Waals surface area contributed by atoms with Crippen molar-refractivity contribution in [2.45, 2.75) is 0 Å². The molecule has 0 fully saturated rings. The first kappa shape index (κ1) is 22.5. The van der Waals surface area contributed by atoms with Gasteiger partial charge in [-0.25, -0.2) is 14.4 Å². The van der Waals surface area contributed by atoms with Crippen LogP contribution in [0.15, 0.2) is 14.4 Å². The molecule has 0 unspecified atom stereocenters. The number of hydrogen-bond acceptors (Lipinski definition) is 9. The second-order valence-corrected chi connectivity index (χ2v) is 6.53. The van der Waals surface area contributed by atoms with Crippen molar-refractivity contribution in [3.8, 4) is 0 Å². The van der Waals surface area contributed by atoms with Gasteiger partial charge in [0, 0.05) is 42.3 Å². The zero-order valence-electron chi connectivity index (χ0n) is 15.4. The molecule has 0 aromatic carbocycles. The summed E-state index contributed by atoms with van der Waals surface area (Å²) in [5.41, 5.74) is -3.85. The summed E-state index contributed by atoms with van der Waals surface area (Å²) >= 11 is 14.7. The van der Waals surface area contributed by atoms with Crippen molar-refractivity contribution in [2.24, 2.45) is 0 Å². The fraction of sp³-hybridized carbons (Fsp3) is 0.500. The normalized spacial score (nSPS) is 10.0. The van der Waals surface area contributed by atoms with E-state index >= 15 is 0 Å². The van der Waals surface area contributed by atoms with Gasteiger partial charge in [0.2, 0.25) is 0 Å². The molecule has 1 rings (SSSR count). The Bertz CT molecular complexity index is 782. The molecule has 0 aliphatic heterocycles. The van der Waals surface area contributed by atoms with Gasteiger partial charge in [0.15, 0.2) is 0 Å². The van der Waals surface area contributed by atoms with Crippen molar-refractivity contribution >= 4 is 52.2 Å². The van der Waals surface area contributed by atoms with E-state index in [4.69, 9.17) is 51.2 Å². The minimum Gasteiger partial charge on any atom is -0.337 e. The van der Waals surface area contributed by atoms with Gasteiger partial charge in [-0.3, -0.25) is 0 Å². The second kappa shape index (κ2) is 8.92. The molecule has 1 aromatic heterocycles. The van der Waals surface area contributed by atoms with Crippen LogP contribution in [0.25, 0.3) is 0 Å². The molecular formula is C12H18N6O6S3. The van der Waals surface area contributed by atoms with Gasteiger partial charge in [0.1, 0.15) is 0 Å². The van der Waals surface area contributed by atoms with Crippen LogP contribution in [0.2, 0.25) is 0 Å². The smallest absolute Gasteiger partial charge is 0.337 e. The summed E-state index contributed by atoms with van der Waals surface area (Å²) in [6.45, 7) is 0. The first-order valence-electron chi connectivity index (χ1n) is 7.08. The molecule has 0 aliphatic rings. The summed E-state index contributed by atoms with van der Waals surface area (Å²) in [5.74, 6) is 0. The Labute approximate surface area is 169 Å². The lowest BCUT2D eigenvalue weighted by Gasteiger charge is -2.19. The van der Waals surface area contributed by atoms with E-state index in [-0.39, 0.29) is 29.7 Å². The average molecular weight is 439 g/mol. The topological polar surface area (TPSA) is 103 Å². The molecule has 27 heavy (non-hydrogen) atoms. The van der Waals surface area contributed by atoms with E-state index in [2.05, 4.69) is 0 Å². The summed E-state index contributed by atoms with van der Waals surface area (Å²) in [7, 11) is 9.15. The lowest BCUT2D eigenvalue weighted by molar-refractivity contribution is 0.0860.